The molecule has 1 aromatic rings. The highest BCUT2D eigenvalue weighted by Gasteiger charge is 2.22. The van der Waals surface area contributed by atoms with Crippen molar-refractivity contribution in [1.29, 1.82) is 0 Å². The van der Waals surface area contributed by atoms with Gasteiger partial charge in [0.15, 0.2) is 0 Å². The van der Waals surface area contributed by atoms with E-state index in [0.717, 1.165) is 10.5 Å². The second-order valence-electron chi connectivity index (χ2n) is 2.43. The van der Waals surface area contributed by atoms with Crippen LogP contribution in [0.25, 0.3) is 0 Å². The number of hydrazine groups is 1. The lowest BCUT2D eigenvalue weighted by Crippen LogP contribution is -2.26. The van der Waals surface area contributed by atoms with Crippen LogP contribution in [-0.2, 0) is 17.5 Å². The smallest absolute Gasteiger partial charge is 0.141 e. The molecule has 0 saturated heterocycles. The molecule has 0 fully saturated rings. The van der Waals surface area contributed by atoms with Gasteiger partial charge in [-0.1, -0.05) is 18.2 Å². The molecule has 58 valence electrons. The molecule has 0 saturated carbocycles. The molecule has 1 aromatic carbocycles. The maximum absolute atomic E-state index is 11.3. The van der Waals surface area contributed by atoms with Gasteiger partial charge in [-0.05, 0) is 11.6 Å². The molecule has 3 nitrogen and oxygen atoms in total. The Balaban J connectivity index is 2.55. The minimum absolute atomic E-state index is 0.586. The summed E-state index contributed by atoms with van der Waals surface area (Å²) in [5, 5.41) is 0. The first-order valence-corrected chi connectivity index (χ1v) is 4.42. The monoisotopic (exact) mass is 168 g/mol. The summed E-state index contributed by atoms with van der Waals surface area (Å²) in [5.41, 5.74) is 1.06. The Bertz CT molecular complexity index is 313. The molecule has 0 aromatic heterocycles. The van der Waals surface area contributed by atoms with Crippen LogP contribution in [-0.4, -0.2) is 8.62 Å². The van der Waals surface area contributed by atoms with E-state index in [9.17, 15) is 4.21 Å². The van der Waals surface area contributed by atoms with Gasteiger partial charge in [0.05, 0.1) is 11.4 Å². The number of nitrogens with two attached hydrogens (primary N) is 1. The van der Waals surface area contributed by atoms with E-state index in [0.29, 0.717) is 6.54 Å². The summed E-state index contributed by atoms with van der Waals surface area (Å²) in [7, 11) is -1.13. The first-order valence-electron chi connectivity index (χ1n) is 3.31. The standard InChI is InChI=1S/C7H8N2OS/c8-9-5-6-3-1-2-4-7(6)11(9)10/h1-4H,5,8H2. The van der Waals surface area contributed by atoms with Crippen molar-refractivity contribution < 1.29 is 4.21 Å². The summed E-state index contributed by atoms with van der Waals surface area (Å²) >= 11 is 0. The van der Waals surface area contributed by atoms with Gasteiger partial charge in [0.25, 0.3) is 0 Å². The van der Waals surface area contributed by atoms with Crippen molar-refractivity contribution >= 4 is 11.0 Å². The Morgan fingerprint density at radius 3 is 2.91 bits per heavy atom. The Labute approximate surface area is 67.4 Å². The van der Waals surface area contributed by atoms with Gasteiger partial charge in [0.2, 0.25) is 0 Å². The van der Waals surface area contributed by atoms with E-state index in [2.05, 4.69) is 0 Å². The largest absolute Gasteiger partial charge is 0.256 e. The lowest BCUT2D eigenvalue weighted by atomic mass is 10.2. The van der Waals surface area contributed by atoms with Crippen LogP contribution < -0.4 is 5.84 Å². The van der Waals surface area contributed by atoms with Crippen molar-refractivity contribution in [1.82, 2.24) is 4.41 Å². The molecule has 0 bridgehead atoms. The number of rotatable bonds is 0. The molecule has 11 heavy (non-hydrogen) atoms. The molecule has 0 spiro atoms. The zero-order valence-corrected chi connectivity index (χ0v) is 6.67. The Morgan fingerprint density at radius 1 is 1.45 bits per heavy atom. The fourth-order valence-electron chi connectivity index (χ4n) is 1.16. The zero-order valence-electron chi connectivity index (χ0n) is 5.86. The van der Waals surface area contributed by atoms with Gasteiger partial charge in [0, 0.05) is 0 Å². The van der Waals surface area contributed by atoms with E-state index in [1.54, 1.807) is 0 Å². The molecule has 1 aliphatic heterocycles. The summed E-state index contributed by atoms with van der Waals surface area (Å²) in [6, 6.07) is 7.59. The van der Waals surface area contributed by atoms with Crippen molar-refractivity contribution in [3.8, 4) is 0 Å². The van der Waals surface area contributed by atoms with Crippen molar-refractivity contribution in [3.05, 3.63) is 29.8 Å². The van der Waals surface area contributed by atoms with Gasteiger partial charge in [0.1, 0.15) is 11.0 Å². The van der Waals surface area contributed by atoms with Gasteiger partial charge in [-0.25, -0.2) is 4.21 Å². The molecule has 1 unspecified atom stereocenters. The summed E-state index contributed by atoms with van der Waals surface area (Å²) in [5.74, 6) is 5.46. The highest BCUT2D eigenvalue weighted by atomic mass is 32.2. The van der Waals surface area contributed by atoms with Gasteiger partial charge in [-0.2, -0.15) is 4.41 Å². The van der Waals surface area contributed by atoms with Crippen LogP contribution in [0.15, 0.2) is 29.2 Å². The highest BCUT2D eigenvalue weighted by Crippen LogP contribution is 2.23. The summed E-state index contributed by atoms with van der Waals surface area (Å²) in [6.07, 6.45) is 0. The normalized spacial score (nSPS) is 23.5. The van der Waals surface area contributed by atoms with Crippen LogP contribution in [0.4, 0.5) is 0 Å². The van der Waals surface area contributed by atoms with E-state index in [-0.39, 0.29) is 0 Å². The van der Waals surface area contributed by atoms with Crippen LogP contribution in [0.5, 0.6) is 0 Å². The second-order valence-corrected chi connectivity index (χ2v) is 3.84. The molecule has 4 heteroatoms. The van der Waals surface area contributed by atoms with Crippen LogP contribution in [0.3, 0.4) is 0 Å². The molecule has 2 N–H and O–H groups in total. The molecular weight excluding hydrogens is 160 g/mol. The molecule has 1 atom stereocenters. The molecule has 1 aliphatic rings. The number of fused-ring (bicyclic) bond motifs is 1. The van der Waals surface area contributed by atoms with Crippen LogP contribution >= 0.6 is 0 Å². The van der Waals surface area contributed by atoms with Crippen LogP contribution in [0.1, 0.15) is 5.56 Å². The lowest BCUT2D eigenvalue weighted by molar-refractivity contribution is 0.480. The van der Waals surface area contributed by atoms with E-state index in [1.165, 1.54) is 4.41 Å². The van der Waals surface area contributed by atoms with Crippen LogP contribution in [0.2, 0.25) is 0 Å². The first kappa shape index (κ1) is 6.97. The first-order chi connectivity index (χ1) is 5.29. The number of benzene rings is 1. The maximum atomic E-state index is 11.3. The topological polar surface area (TPSA) is 46.3 Å². The second kappa shape index (κ2) is 2.41. The average Bonchev–Trinajstić information content (AvgIpc) is 2.30. The predicted molar refractivity (Wildman–Crippen MR) is 42.6 cm³/mol. The van der Waals surface area contributed by atoms with Gasteiger partial charge < -0.3 is 0 Å². The van der Waals surface area contributed by atoms with Gasteiger partial charge >= 0.3 is 0 Å². The van der Waals surface area contributed by atoms with E-state index in [4.69, 9.17) is 5.84 Å². The quantitative estimate of drug-likeness (QED) is 0.570. The molecular formula is C7H8N2OS. The van der Waals surface area contributed by atoms with Crippen molar-refractivity contribution in [2.45, 2.75) is 11.4 Å². The molecule has 2 rings (SSSR count). The summed E-state index contributed by atoms with van der Waals surface area (Å²) < 4.78 is 12.6. The van der Waals surface area contributed by atoms with Crippen molar-refractivity contribution in [3.63, 3.8) is 0 Å². The molecule has 0 aliphatic carbocycles. The van der Waals surface area contributed by atoms with Crippen molar-refractivity contribution in [2.24, 2.45) is 5.84 Å². The van der Waals surface area contributed by atoms with E-state index >= 15 is 0 Å². The number of hydrogen-bond donors (Lipinski definition) is 1. The highest BCUT2D eigenvalue weighted by molar-refractivity contribution is 7.82. The number of hydrogen-bond acceptors (Lipinski definition) is 2. The molecule has 0 amide bonds. The predicted octanol–water partition coefficient (Wildman–Crippen LogP) is 0.399. The Kier molecular flexibility index (Phi) is 1.52. The zero-order chi connectivity index (χ0) is 7.84. The fraction of sp³-hybridized carbons (Fsp3) is 0.143. The summed E-state index contributed by atoms with van der Waals surface area (Å²) in [4.78, 5) is 0.843. The Morgan fingerprint density at radius 2 is 2.18 bits per heavy atom. The van der Waals surface area contributed by atoms with E-state index in [1.807, 2.05) is 24.3 Å². The van der Waals surface area contributed by atoms with Gasteiger partial charge in [-0.3, -0.25) is 5.84 Å². The van der Waals surface area contributed by atoms with Crippen LogP contribution in [0, 0.1) is 0 Å². The maximum Gasteiger partial charge on any atom is 0.141 e. The SMILES string of the molecule is NN1Cc2ccccc2S1=O. The molecule has 0 radical (unpaired) electrons. The molecule has 1 heterocycles. The van der Waals surface area contributed by atoms with Gasteiger partial charge in [-0.15, -0.1) is 0 Å². The van der Waals surface area contributed by atoms with Crippen molar-refractivity contribution in [2.75, 3.05) is 0 Å². The third-order valence-corrected chi connectivity index (χ3v) is 3.03. The fourth-order valence-corrected chi connectivity index (χ4v) is 2.22. The minimum atomic E-state index is -1.13. The number of nitrogens with zero attached hydrogens (tertiary/aromatic N) is 1. The minimum Gasteiger partial charge on any atom is -0.256 e. The Hall–Kier alpha value is -0.710. The van der Waals surface area contributed by atoms with E-state index < -0.39 is 11.0 Å². The average molecular weight is 168 g/mol. The third kappa shape index (κ3) is 0.994. The summed E-state index contributed by atoms with van der Waals surface area (Å²) in [6.45, 7) is 0.586. The third-order valence-electron chi connectivity index (χ3n) is 1.70. The lowest BCUT2D eigenvalue weighted by Gasteiger charge is -2.01.